The number of amides is 1. The zero-order chi connectivity index (χ0) is 21.8. The summed E-state index contributed by atoms with van der Waals surface area (Å²) in [5, 5.41) is 11.0. The van der Waals surface area contributed by atoms with Crippen LogP contribution in [-0.2, 0) is 10.0 Å². The summed E-state index contributed by atoms with van der Waals surface area (Å²) in [6.07, 6.45) is 1.51. The summed E-state index contributed by atoms with van der Waals surface area (Å²) in [6, 6.07) is 21.4. The van der Waals surface area contributed by atoms with Crippen LogP contribution in [0.4, 0.5) is 11.4 Å². The second-order valence-corrected chi connectivity index (χ2v) is 8.60. The number of hydrogen-bond donors (Lipinski definition) is 2. The van der Waals surface area contributed by atoms with Crippen molar-refractivity contribution in [1.82, 2.24) is 15.0 Å². The summed E-state index contributed by atoms with van der Waals surface area (Å²) in [4.78, 5) is 12.6. The molecule has 1 aromatic heterocycles. The summed E-state index contributed by atoms with van der Waals surface area (Å²) in [7, 11) is -3.80. The fraction of sp³-hybridized carbons (Fsp3) is 0. The Morgan fingerprint density at radius 2 is 1.61 bits per heavy atom. The molecule has 0 aliphatic heterocycles. The van der Waals surface area contributed by atoms with Gasteiger partial charge in [0.25, 0.3) is 15.9 Å². The number of carbonyl (C=O) groups is 1. The Bertz CT molecular complexity index is 1320. The molecule has 0 unspecified atom stereocenters. The number of aromatic nitrogens is 3. The number of sulfonamides is 1. The van der Waals surface area contributed by atoms with E-state index in [4.69, 9.17) is 11.6 Å². The van der Waals surface area contributed by atoms with Crippen molar-refractivity contribution in [3.05, 3.63) is 95.8 Å². The Morgan fingerprint density at radius 3 is 2.35 bits per heavy atom. The second-order valence-electron chi connectivity index (χ2n) is 6.48. The molecule has 156 valence electrons. The molecule has 31 heavy (non-hydrogen) atoms. The Balaban J connectivity index is 1.48. The number of para-hydroxylation sites is 1. The zero-order valence-electron chi connectivity index (χ0n) is 15.9. The number of halogens is 1. The molecular weight excluding hydrogens is 438 g/mol. The predicted octanol–water partition coefficient (Wildman–Crippen LogP) is 3.97. The van der Waals surface area contributed by atoms with Crippen LogP contribution in [0.2, 0.25) is 5.02 Å². The Morgan fingerprint density at radius 1 is 0.903 bits per heavy atom. The third kappa shape index (κ3) is 4.90. The van der Waals surface area contributed by atoms with Gasteiger partial charge in [-0.25, -0.2) is 13.1 Å². The summed E-state index contributed by atoms with van der Waals surface area (Å²) >= 11 is 5.81. The van der Waals surface area contributed by atoms with Crippen LogP contribution in [0.1, 0.15) is 10.5 Å². The average Bonchev–Trinajstić information content (AvgIpc) is 3.25. The molecule has 0 saturated carbocycles. The van der Waals surface area contributed by atoms with Gasteiger partial charge < -0.3 is 5.32 Å². The Kier molecular flexibility index (Phi) is 5.70. The summed E-state index contributed by atoms with van der Waals surface area (Å²) in [5.74, 6) is -0.472. The maximum atomic E-state index is 12.5. The van der Waals surface area contributed by atoms with Gasteiger partial charge in [-0.15, -0.1) is 5.10 Å². The second kappa shape index (κ2) is 8.58. The lowest BCUT2D eigenvalue weighted by molar-refractivity contribution is 0.102. The van der Waals surface area contributed by atoms with Crippen molar-refractivity contribution in [2.24, 2.45) is 0 Å². The number of rotatable bonds is 6. The molecule has 0 fully saturated rings. The minimum atomic E-state index is -3.80. The molecule has 3 aromatic carbocycles. The van der Waals surface area contributed by atoms with Crippen molar-refractivity contribution >= 4 is 38.9 Å². The third-order valence-corrected chi connectivity index (χ3v) is 5.89. The highest BCUT2D eigenvalue weighted by Crippen LogP contribution is 2.21. The van der Waals surface area contributed by atoms with Gasteiger partial charge >= 0.3 is 0 Å². The molecule has 0 saturated heterocycles. The zero-order valence-corrected chi connectivity index (χ0v) is 17.5. The molecule has 1 heterocycles. The average molecular weight is 454 g/mol. The van der Waals surface area contributed by atoms with E-state index in [9.17, 15) is 13.2 Å². The number of nitrogens with one attached hydrogen (secondary N) is 2. The summed E-state index contributed by atoms with van der Waals surface area (Å²) < 4.78 is 29.1. The van der Waals surface area contributed by atoms with E-state index >= 15 is 0 Å². The number of benzene rings is 3. The molecule has 8 nitrogen and oxygen atoms in total. The van der Waals surface area contributed by atoms with Gasteiger partial charge in [0.05, 0.1) is 22.5 Å². The van der Waals surface area contributed by atoms with Gasteiger partial charge in [-0.05, 0) is 54.6 Å². The number of hydrogen-bond acceptors (Lipinski definition) is 5. The van der Waals surface area contributed by atoms with Gasteiger partial charge in [-0.2, -0.15) is 0 Å². The molecule has 2 N–H and O–H groups in total. The van der Waals surface area contributed by atoms with Crippen LogP contribution < -0.4 is 10.0 Å². The van der Waals surface area contributed by atoms with Gasteiger partial charge in [-0.3, -0.25) is 9.52 Å². The molecule has 4 aromatic rings. The first-order valence-electron chi connectivity index (χ1n) is 9.08. The van der Waals surface area contributed by atoms with Crippen LogP contribution in [0.3, 0.4) is 0 Å². The van der Waals surface area contributed by atoms with E-state index in [1.165, 1.54) is 41.2 Å². The monoisotopic (exact) mass is 453 g/mol. The topological polar surface area (TPSA) is 106 Å². The standard InChI is InChI=1S/C21H16ClN5O3S/c22-15-9-11-19(12-10-15)31(29,30)25-17-6-4-5-16(13-17)23-21(28)20-14-27(26-24-20)18-7-2-1-3-8-18/h1-14,25H,(H,23,28). The molecule has 0 radical (unpaired) electrons. The highest BCUT2D eigenvalue weighted by atomic mass is 35.5. The van der Waals surface area contributed by atoms with E-state index in [0.29, 0.717) is 16.4 Å². The van der Waals surface area contributed by atoms with Crippen molar-refractivity contribution in [2.75, 3.05) is 10.0 Å². The maximum Gasteiger partial charge on any atom is 0.277 e. The third-order valence-electron chi connectivity index (χ3n) is 4.24. The number of carbonyl (C=O) groups excluding carboxylic acids is 1. The molecular formula is C21H16ClN5O3S. The van der Waals surface area contributed by atoms with E-state index in [0.717, 1.165) is 5.69 Å². The lowest BCUT2D eigenvalue weighted by atomic mass is 10.3. The normalized spacial score (nSPS) is 11.1. The summed E-state index contributed by atoms with van der Waals surface area (Å²) in [5.41, 5.74) is 1.58. The van der Waals surface area contributed by atoms with Gasteiger partial charge in [0.2, 0.25) is 0 Å². The lowest BCUT2D eigenvalue weighted by Gasteiger charge is -2.10. The van der Waals surface area contributed by atoms with Crippen LogP contribution in [0, 0.1) is 0 Å². The van der Waals surface area contributed by atoms with Crippen LogP contribution in [0.5, 0.6) is 0 Å². The fourth-order valence-corrected chi connectivity index (χ4v) is 3.93. The first-order chi connectivity index (χ1) is 14.9. The largest absolute Gasteiger partial charge is 0.320 e. The molecule has 0 spiro atoms. The fourth-order valence-electron chi connectivity index (χ4n) is 2.76. The van der Waals surface area contributed by atoms with Gasteiger partial charge in [-0.1, -0.05) is 41.1 Å². The van der Waals surface area contributed by atoms with Crippen molar-refractivity contribution in [1.29, 1.82) is 0 Å². The molecule has 0 bridgehead atoms. The minimum absolute atomic E-state index is 0.0730. The molecule has 10 heteroatoms. The number of anilines is 2. The smallest absolute Gasteiger partial charge is 0.277 e. The van der Waals surface area contributed by atoms with Gasteiger partial charge in [0.1, 0.15) is 0 Å². The Labute approximate surface area is 183 Å². The SMILES string of the molecule is O=C(Nc1cccc(NS(=O)(=O)c2ccc(Cl)cc2)c1)c1cn(-c2ccccc2)nn1. The van der Waals surface area contributed by atoms with E-state index < -0.39 is 15.9 Å². The van der Waals surface area contributed by atoms with Gasteiger partial charge in [0.15, 0.2) is 5.69 Å². The molecule has 4 rings (SSSR count). The van der Waals surface area contributed by atoms with Crippen molar-refractivity contribution in [3.8, 4) is 5.69 Å². The summed E-state index contributed by atoms with van der Waals surface area (Å²) in [6.45, 7) is 0. The van der Waals surface area contributed by atoms with E-state index in [2.05, 4.69) is 20.4 Å². The lowest BCUT2D eigenvalue weighted by Crippen LogP contribution is -2.14. The quantitative estimate of drug-likeness (QED) is 0.459. The van der Waals surface area contributed by atoms with E-state index in [1.807, 2.05) is 30.3 Å². The van der Waals surface area contributed by atoms with Crippen LogP contribution in [-0.4, -0.2) is 29.3 Å². The van der Waals surface area contributed by atoms with Gasteiger partial charge in [0, 0.05) is 10.7 Å². The maximum absolute atomic E-state index is 12.5. The van der Waals surface area contributed by atoms with Crippen molar-refractivity contribution in [2.45, 2.75) is 4.90 Å². The molecule has 0 atom stereocenters. The van der Waals surface area contributed by atoms with Crippen molar-refractivity contribution < 1.29 is 13.2 Å². The molecule has 1 amide bonds. The van der Waals surface area contributed by atoms with E-state index in [1.54, 1.807) is 18.2 Å². The van der Waals surface area contributed by atoms with Crippen LogP contribution in [0.15, 0.2) is 90.0 Å². The Hall–Kier alpha value is -3.69. The van der Waals surface area contributed by atoms with Crippen LogP contribution >= 0.6 is 11.6 Å². The number of nitrogens with zero attached hydrogens (tertiary/aromatic N) is 3. The van der Waals surface area contributed by atoms with Crippen LogP contribution in [0.25, 0.3) is 5.69 Å². The molecule has 0 aliphatic carbocycles. The predicted molar refractivity (Wildman–Crippen MR) is 118 cm³/mol. The first-order valence-corrected chi connectivity index (χ1v) is 10.9. The highest BCUT2D eigenvalue weighted by molar-refractivity contribution is 7.92. The molecule has 0 aliphatic rings. The highest BCUT2D eigenvalue weighted by Gasteiger charge is 2.15. The van der Waals surface area contributed by atoms with E-state index in [-0.39, 0.29) is 10.6 Å². The minimum Gasteiger partial charge on any atom is -0.320 e. The first kappa shape index (κ1) is 20.6. The van der Waals surface area contributed by atoms with Crippen molar-refractivity contribution in [3.63, 3.8) is 0 Å².